The van der Waals surface area contributed by atoms with Crippen molar-refractivity contribution in [3.05, 3.63) is 63.6 Å². The van der Waals surface area contributed by atoms with E-state index >= 15 is 0 Å². The number of likely N-dealkylation sites (tertiary alicyclic amines) is 1. The zero-order chi connectivity index (χ0) is 21.8. The number of carbonyl (C=O) groups excluding carboxylic acids is 2. The minimum atomic E-state index is -0.364. The Morgan fingerprint density at radius 2 is 1.90 bits per heavy atom. The summed E-state index contributed by atoms with van der Waals surface area (Å²) < 4.78 is 5.20. The summed E-state index contributed by atoms with van der Waals surface area (Å²) in [6, 6.07) is 13.6. The lowest BCUT2D eigenvalue weighted by Gasteiger charge is -2.23. The molecule has 0 bridgehead atoms. The molecule has 0 spiro atoms. The number of benzene rings is 2. The number of halogens is 1. The maximum absolute atomic E-state index is 12.9. The summed E-state index contributed by atoms with van der Waals surface area (Å²) in [4.78, 5) is 27.1. The molecular weight excluding hydrogens is 438 g/mol. The molecule has 1 saturated heterocycles. The van der Waals surface area contributed by atoms with E-state index < -0.39 is 0 Å². The van der Waals surface area contributed by atoms with Crippen LogP contribution in [0.1, 0.15) is 33.7 Å². The maximum Gasteiger partial charge on any atom is 0.322 e. The van der Waals surface area contributed by atoms with Crippen LogP contribution in [0.3, 0.4) is 0 Å². The monoisotopic (exact) mass is 457 g/mol. The first-order valence-electron chi connectivity index (χ1n) is 9.65. The maximum atomic E-state index is 12.9. The lowest BCUT2D eigenvalue weighted by molar-refractivity contribution is 0.102. The highest BCUT2D eigenvalue weighted by atomic mass is 35.5. The van der Waals surface area contributed by atoms with Gasteiger partial charge in [0.15, 0.2) is 0 Å². The van der Waals surface area contributed by atoms with E-state index in [2.05, 4.69) is 20.8 Å². The van der Waals surface area contributed by atoms with Gasteiger partial charge >= 0.3 is 6.03 Å². The van der Waals surface area contributed by atoms with E-state index in [1.54, 1.807) is 48.4 Å². The highest BCUT2D eigenvalue weighted by molar-refractivity contribution is 7.13. The summed E-state index contributed by atoms with van der Waals surface area (Å²) in [6.07, 6.45) is 1.61. The molecule has 10 heteroatoms. The summed E-state index contributed by atoms with van der Waals surface area (Å²) in [6.45, 7) is 0.601. The van der Waals surface area contributed by atoms with Gasteiger partial charge < -0.3 is 20.3 Å². The van der Waals surface area contributed by atoms with Crippen LogP contribution in [0, 0.1) is 0 Å². The average Bonchev–Trinajstić information content (AvgIpc) is 3.43. The number of carbonyl (C=O) groups is 2. The van der Waals surface area contributed by atoms with Gasteiger partial charge in [0, 0.05) is 29.0 Å². The fourth-order valence-electron chi connectivity index (χ4n) is 3.37. The number of hydrogen-bond donors (Lipinski definition) is 2. The number of anilines is 2. The van der Waals surface area contributed by atoms with E-state index in [1.807, 2.05) is 12.1 Å². The second-order valence-electron chi connectivity index (χ2n) is 6.92. The zero-order valence-corrected chi connectivity index (χ0v) is 18.2. The van der Waals surface area contributed by atoms with Crippen molar-refractivity contribution in [1.29, 1.82) is 0 Å². The van der Waals surface area contributed by atoms with E-state index in [9.17, 15) is 9.59 Å². The number of ether oxygens (including phenoxy) is 1. The van der Waals surface area contributed by atoms with Gasteiger partial charge in [0.25, 0.3) is 5.91 Å². The van der Waals surface area contributed by atoms with Gasteiger partial charge in [-0.3, -0.25) is 4.79 Å². The van der Waals surface area contributed by atoms with Gasteiger partial charge in [0.2, 0.25) is 5.01 Å². The molecule has 0 aliphatic carbocycles. The van der Waals surface area contributed by atoms with Crippen molar-refractivity contribution in [1.82, 2.24) is 15.1 Å². The van der Waals surface area contributed by atoms with Crippen LogP contribution in [0.5, 0.6) is 5.75 Å². The molecule has 0 radical (unpaired) electrons. The second-order valence-corrected chi connectivity index (χ2v) is 8.37. The zero-order valence-electron chi connectivity index (χ0n) is 16.7. The summed E-state index contributed by atoms with van der Waals surface area (Å²) in [5.74, 6) is 0.298. The first-order chi connectivity index (χ1) is 15.0. The van der Waals surface area contributed by atoms with Crippen molar-refractivity contribution in [2.24, 2.45) is 0 Å². The van der Waals surface area contributed by atoms with Crippen LogP contribution in [0.15, 0.2) is 48.5 Å². The van der Waals surface area contributed by atoms with Crippen molar-refractivity contribution >= 4 is 46.3 Å². The molecular formula is C21H20ClN5O3S. The molecule has 1 aliphatic rings. The summed E-state index contributed by atoms with van der Waals surface area (Å²) in [5, 5.41) is 15.3. The number of aromatic nitrogens is 2. The molecule has 1 aliphatic heterocycles. The first kappa shape index (κ1) is 21.1. The second kappa shape index (κ2) is 9.32. The van der Waals surface area contributed by atoms with Crippen LogP contribution in [0.25, 0.3) is 0 Å². The third-order valence-electron chi connectivity index (χ3n) is 4.84. The van der Waals surface area contributed by atoms with E-state index in [4.69, 9.17) is 16.3 Å². The van der Waals surface area contributed by atoms with E-state index in [0.29, 0.717) is 33.7 Å². The number of methoxy groups -OCH3 is 1. The lowest BCUT2D eigenvalue weighted by Crippen LogP contribution is -2.34. The topological polar surface area (TPSA) is 96.4 Å². The van der Waals surface area contributed by atoms with Crippen LogP contribution >= 0.6 is 22.9 Å². The Balaban J connectivity index is 1.44. The Bertz CT molecular complexity index is 1110. The Morgan fingerprint density at radius 1 is 1.13 bits per heavy atom. The smallest absolute Gasteiger partial charge is 0.322 e. The molecule has 0 saturated carbocycles. The minimum absolute atomic E-state index is 0.226. The van der Waals surface area contributed by atoms with Gasteiger partial charge in [-0.2, -0.15) is 0 Å². The molecule has 1 unspecified atom stereocenters. The Morgan fingerprint density at radius 3 is 2.68 bits per heavy atom. The predicted molar refractivity (Wildman–Crippen MR) is 120 cm³/mol. The standard InChI is InChI=1S/C21H20ClN5O3S/c1-30-16-8-3-7-15(12-16)24-21(29)27-10-4-9-17(27)19-25-26-20(31-19)18(28)23-14-6-2-5-13(22)11-14/h2-3,5-8,11-12,17H,4,9-10H2,1H3,(H,23,28)(H,24,29). The molecule has 160 valence electrons. The van der Waals surface area contributed by atoms with Gasteiger partial charge in [-0.15, -0.1) is 10.2 Å². The third-order valence-corrected chi connectivity index (χ3v) is 6.10. The van der Waals surface area contributed by atoms with Crippen LogP contribution in [0.2, 0.25) is 5.02 Å². The summed E-state index contributed by atoms with van der Waals surface area (Å²) >= 11 is 7.14. The Labute approximate surface area is 188 Å². The number of rotatable bonds is 5. The number of urea groups is 1. The Hall–Kier alpha value is -3.17. The van der Waals surface area contributed by atoms with Crippen molar-refractivity contribution in [3.63, 3.8) is 0 Å². The molecule has 1 atom stereocenters. The van der Waals surface area contributed by atoms with Crippen molar-refractivity contribution in [2.75, 3.05) is 24.3 Å². The average molecular weight is 458 g/mol. The van der Waals surface area contributed by atoms with Gasteiger partial charge in [-0.1, -0.05) is 35.1 Å². The molecule has 31 heavy (non-hydrogen) atoms. The largest absolute Gasteiger partial charge is 0.497 e. The summed E-state index contributed by atoms with van der Waals surface area (Å²) in [7, 11) is 1.58. The van der Waals surface area contributed by atoms with Crippen LogP contribution in [-0.2, 0) is 0 Å². The first-order valence-corrected chi connectivity index (χ1v) is 10.8. The fraction of sp³-hybridized carbons (Fsp3) is 0.238. The number of hydrogen-bond acceptors (Lipinski definition) is 6. The van der Waals surface area contributed by atoms with Gasteiger partial charge in [0.05, 0.1) is 13.2 Å². The van der Waals surface area contributed by atoms with Crippen LogP contribution in [-0.4, -0.2) is 40.7 Å². The van der Waals surface area contributed by atoms with E-state index in [0.717, 1.165) is 12.8 Å². The van der Waals surface area contributed by atoms with Crippen molar-refractivity contribution < 1.29 is 14.3 Å². The summed E-state index contributed by atoms with van der Waals surface area (Å²) in [5.41, 5.74) is 1.23. The molecule has 2 aromatic carbocycles. The third kappa shape index (κ3) is 4.95. The van der Waals surface area contributed by atoms with Gasteiger partial charge in [0.1, 0.15) is 10.8 Å². The predicted octanol–water partition coefficient (Wildman–Crippen LogP) is 4.82. The number of nitrogens with one attached hydrogen (secondary N) is 2. The van der Waals surface area contributed by atoms with Crippen molar-refractivity contribution in [2.45, 2.75) is 18.9 Å². The number of nitrogens with zero attached hydrogens (tertiary/aromatic N) is 3. The van der Waals surface area contributed by atoms with Crippen molar-refractivity contribution in [3.8, 4) is 5.75 Å². The SMILES string of the molecule is COc1cccc(NC(=O)N2CCCC2c2nnc(C(=O)Nc3cccc(Cl)c3)s2)c1. The van der Waals surface area contributed by atoms with Gasteiger partial charge in [-0.25, -0.2) is 4.79 Å². The van der Waals surface area contributed by atoms with Crippen LogP contribution < -0.4 is 15.4 Å². The molecule has 1 fully saturated rings. The van der Waals surface area contributed by atoms with E-state index in [1.165, 1.54) is 11.3 Å². The minimum Gasteiger partial charge on any atom is -0.497 e. The fourth-order valence-corrected chi connectivity index (χ4v) is 4.45. The Kier molecular flexibility index (Phi) is 6.34. The van der Waals surface area contributed by atoms with Crippen LogP contribution in [0.4, 0.5) is 16.2 Å². The molecule has 3 aromatic rings. The molecule has 1 aromatic heterocycles. The molecule has 3 amide bonds. The molecule has 8 nitrogen and oxygen atoms in total. The van der Waals surface area contributed by atoms with Gasteiger partial charge in [-0.05, 0) is 43.2 Å². The normalized spacial score (nSPS) is 15.5. The number of amides is 3. The quantitative estimate of drug-likeness (QED) is 0.572. The molecule has 2 N–H and O–H groups in total. The molecule has 4 rings (SSSR count). The molecule has 2 heterocycles. The highest BCUT2D eigenvalue weighted by Crippen LogP contribution is 2.34. The van der Waals surface area contributed by atoms with E-state index in [-0.39, 0.29) is 23.0 Å². The lowest BCUT2D eigenvalue weighted by atomic mass is 10.2. The highest BCUT2D eigenvalue weighted by Gasteiger charge is 2.33.